The number of methoxy groups -OCH3 is 1. The summed E-state index contributed by atoms with van der Waals surface area (Å²) >= 11 is 5.69. The van der Waals surface area contributed by atoms with Crippen LogP contribution >= 0.6 is 11.6 Å². The van der Waals surface area contributed by atoms with Gasteiger partial charge in [0.2, 0.25) is 10.0 Å². The van der Waals surface area contributed by atoms with Gasteiger partial charge >= 0.3 is 5.97 Å². The molecule has 0 saturated heterocycles. The van der Waals surface area contributed by atoms with Crippen molar-refractivity contribution in [2.75, 3.05) is 7.11 Å². The van der Waals surface area contributed by atoms with Crippen LogP contribution in [0.4, 0.5) is 5.69 Å². The minimum absolute atomic E-state index is 0.127. The van der Waals surface area contributed by atoms with Crippen LogP contribution in [0.2, 0.25) is 5.02 Å². The lowest BCUT2D eigenvalue weighted by molar-refractivity contribution is -0.384. The number of benzene rings is 1. The van der Waals surface area contributed by atoms with Crippen LogP contribution in [0.5, 0.6) is 0 Å². The molecule has 0 unspecified atom stereocenters. The second-order valence-corrected chi connectivity index (χ2v) is 7.68. The number of hydrogen-bond donors (Lipinski definition) is 1. The van der Waals surface area contributed by atoms with Crippen LogP contribution in [-0.2, 0) is 19.6 Å². The molecule has 1 saturated carbocycles. The van der Waals surface area contributed by atoms with Crippen LogP contribution in [0.15, 0.2) is 23.1 Å². The van der Waals surface area contributed by atoms with Gasteiger partial charge in [0, 0.05) is 12.1 Å². The molecule has 10 heteroatoms. The fourth-order valence-electron chi connectivity index (χ4n) is 2.70. The molecule has 0 atom stereocenters. The molecule has 1 N–H and O–H groups in total. The van der Waals surface area contributed by atoms with Crippen LogP contribution in [-0.4, -0.2) is 32.5 Å². The molecular formula is C14H17ClN2O6S. The minimum Gasteiger partial charge on any atom is -0.469 e. The van der Waals surface area contributed by atoms with Crippen molar-refractivity contribution in [1.82, 2.24) is 4.72 Å². The van der Waals surface area contributed by atoms with E-state index in [0.29, 0.717) is 25.7 Å². The predicted molar refractivity (Wildman–Crippen MR) is 86.2 cm³/mol. The summed E-state index contributed by atoms with van der Waals surface area (Å²) in [6, 6.07) is 3.01. The number of sulfonamides is 1. The number of carbonyl (C=O) groups is 1. The molecule has 0 amide bonds. The van der Waals surface area contributed by atoms with Gasteiger partial charge in [-0.1, -0.05) is 11.6 Å². The number of nitro groups is 1. The second kappa shape index (κ2) is 7.45. The Hall–Kier alpha value is -1.71. The van der Waals surface area contributed by atoms with Gasteiger partial charge in [0.05, 0.1) is 22.8 Å². The van der Waals surface area contributed by atoms with Crippen molar-refractivity contribution in [3.8, 4) is 0 Å². The van der Waals surface area contributed by atoms with Gasteiger partial charge in [0.15, 0.2) is 0 Å². The van der Waals surface area contributed by atoms with Crippen molar-refractivity contribution >= 4 is 33.3 Å². The number of hydrogen-bond acceptors (Lipinski definition) is 6. The Kier molecular flexibility index (Phi) is 5.79. The number of carbonyl (C=O) groups excluding carboxylic acids is 1. The van der Waals surface area contributed by atoms with Crippen molar-refractivity contribution in [2.24, 2.45) is 5.92 Å². The molecule has 0 aliphatic heterocycles. The van der Waals surface area contributed by atoms with E-state index in [1.54, 1.807) is 0 Å². The number of halogens is 1. The topological polar surface area (TPSA) is 116 Å². The van der Waals surface area contributed by atoms with E-state index in [1.807, 2.05) is 0 Å². The molecule has 0 bridgehead atoms. The highest BCUT2D eigenvalue weighted by Gasteiger charge is 2.30. The van der Waals surface area contributed by atoms with Gasteiger partial charge in [0.25, 0.3) is 5.69 Å². The Balaban J connectivity index is 2.09. The van der Waals surface area contributed by atoms with E-state index >= 15 is 0 Å². The summed E-state index contributed by atoms with van der Waals surface area (Å²) in [4.78, 5) is 21.4. The first-order valence-corrected chi connectivity index (χ1v) is 9.15. The zero-order chi connectivity index (χ0) is 17.9. The minimum atomic E-state index is -3.91. The summed E-state index contributed by atoms with van der Waals surface area (Å²) < 4.78 is 32.0. The Morgan fingerprint density at radius 2 is 1.96 bits per heavy atom. The fraction of sp³-hybridized carbons (Fsp3) is 0.500. The van der Waals surface area contributed by atoms with Crippen molar-refractivity contribution in [2.45, 2.75) is 36.6 Å². The summed E-state index contributed by atoms with van der Waals surface area (Å²) in [5.41, 5.74) is -0.464. The average molecular weight is 377 g/mol. The Morgan fingerprint density at radius 3 is 2.50 bits per heavy atom. The van der Waals surface area contributed by atoms with E-state index in [0.717, 1.165) is 6.07 Å². The number of nitro benzene ring substituents is 1. The summed E-state index contributed by atoms with van der Waals surface area (Å²) in [6.07, 6.45) is 2.05. The van der Waals surface area contributed by atoms with Crippen molar-refractivity contribution in [3.63, 3.8) is 0 Å². The first-order chi connectivity index (χ1) is 11.2. The third-order valence-electron chi connectivity index (χ3n) is 4.01. The van der Waals surface area contributed by atoms with Crippen LogP contribution in [0.3, 0.4) is 0 Å². The van der Waals surface area contributed by atoms with Crippen molar-refractivity contribution in [3.05, 3.63) is 33.3 Å². The van der Waals surface area contributed by atoms with E-state index in [-0.39, 0.29) is 27.8 Å². The highest BCUT2D eigenvalue weighted by molar-refractivity contribution is 7.89. The standard InChI is InChI=1S/C14H17ClN2O6S/c1-23-14(18)9-2-4-10(5-3-9)16-24(21,22)11-6-7-12(15)13(8-11)17(19)20/h6-10,16H,2-5H2,1H3. The molecule has 1 aromatic rings. The molecule has 0 aromatic heterocycles. The van der Waals surface area contributed by atoms with Crippen LogP contribution in [0, 0.1) is 16.0 Å². The van der Waals surface area contributed by atoms with E-state index in [4.69, 9.17) is 11.6 Å². The smallest absolute Gasteiger partial charge is 0.308 e. The van der Waals surface area contributed by atoms with Gasteiger partial charge in [-0.3, -0.25) is 14.9 Å². The van der Waals surface area contributed by atoms with Gasteiger partial charge in [-0.15, -0.1) is 0 Å². The van der Waals surface area contributed by atoms with Crippen molar-refractivity contribution < 1.29 is 22.9 Å². The third-order valence-corrected chi connectivity index (χ3v) is 5.85. The third kappa shape index (κ3) is 4.22. The highest BCUT2D eigenvalue weighted by atomic mass is 35.5. The molecule has 0 spiro atoms. The number of esters is 1. The fourth-order valence-corrected chi connectivity index (χ4v) is 4.21. The largest absolute Gasteiger partial charge is 0.469 e. The normalized spacial score (nSPS) is 21.2. The lowest BCUT2D eigenvalue weighted by Crippen LogP contribution is -2.38. The van der Waals surface area contributed by atoms with Crippen molar-refractivity contribution in [1.29, 1.82) is 0 Å². The van der Waals surface area contributed by atoms with Gasteiger partial charge < -0.3 is 4.74 Å². The van der Waals surface area contributed by atoms with Gasteiger partial charge in [-0.25, -0.2) is 13.1 Å². The Labute approximate surface area is 144 Å². The summed E-state index contributed by atoms with van der Waals surface area (Å²) in [7, 11) is -2.58. The predicted octanol–water partition coefficient (Wildman–Crippen LogP) is 2.26. The maximum atomic E-state index is 12.4. The summed E-state index contributed by atoms with van der Waals surface area (Å²) in [5, 5.41) is 10.8. The van der Waals surface area contributed by atoms with Crippen LogP contribution in [0.1, 0.15) is 25.7 Å². The first kappa shape index (κ1) is 18.6. The second-order valence-electron chi connectivity index (χ2n) is 5.56. The average Bonchev–Trinajstić information content (AvgIpc) is 2.54. The van der Waals surface area contributed by atoms with E-state index in [9.17, 15) is 23.3 Å². The Bertz CT molecular complexity index is 744. The maximum Gasteiger partial charge on any atom is 0.308 e. The Morgan fingerprint density at radius 1 is 1.33 bits per heavy atom. The maximum absolute atomic E-state index is 12.4. The number of rotatable bonds is 5. The zero-order valence-corrected chi connectivity index (χ0v) is 14.5. The molecular weight excluding hydrogens is 360 g/mol. The molecule has 2 rings (SSSR count). The van der Waals surface area contributed by atoms with Crippen LogP contribution in [0.25, 0.3) is 0 Å². The van der Waals surface area contributed by atoms with Crippen LogP contribution < -0.4 is 4.72 Å². The van der Waals surface area contributed by atoms with E-state index in [1.165, 1.54) is 19.2 Å². The number of ether oxygens (including phenoxy) is 1. The van der Waals surface area contributed by atoms with E-state index < -0.39 is 20.6 Å². The molecule has 1 aliphatic carbocycles. The molecule has 1 aromatic carbocycles. The summed E-state index contributed by atoms with van der Waals surface area (Å²) in [5.74, 6) is -0.503. The quantitative estimate of drug-likeness (QED) is 0.478. The van der Waals surface area contributed by atoms with Gasteiger partial charge in [-0.2, -0.15) is 0 Å². The SMILES string of the molecule is COC(=O)C1CCC(NS(=O)(=O)c2ccc(Cl)c([N+](=O)[O-])c2)CC1. The molecule has 0 radical (unpaired) electrons. The van der Waals surface area contributed by atoms with Gasteiger partial charge in [-0.05, 0) is 37.8 Å². The first-order valence-electron chi connectivity index (χ1n) is 7.28. The number of nitrogens with zero attached hydrogens (tertiary/aromatic N) is 1. The highest BCUT2D eigenvalue weighted by Crippen LogP contribution is 2.29. The number of nitrogens with one attached hydrogen (secondary N) is 1. The molecule has 132 valence electrons. The van der Waals surface area contributed by atoms with Gasteiger partial charge in [0.1, 0.15) is 5.02 Å². The molecule has 1 fully saturated rings. The monoisotopic (exact) mass is 376 g/mol. The molecule has 1 aliphatic rings. The zero-order valence-electron chi connectivity index (χ0n) is 12.9. The summed E-state index contributed by atoms with van der Waals surface area (Å²) in [6.45, 7) is 0. The lowest BCUT2D eigenvalue weighted by Gasteiger charge is -2.27. The lowest BCUT2D eigenvalue weighted by atomic mass is 9.86. The molecule has 0 heterocycles. The molecule has 24 heavy (non-hydrogen) atoms. The van der Waals surface area contributed by atoms with E-state index in [2.05, 4.69) is 9.46 Å². The molecule has 8 nitrogen and oxygen atoms in total.